The first-order valence-electron chi connectivity index (χ1n) is 8.44. The second-order valence-electron chi connectivity index (χ2n) is 6.89. The summed E-state index contributed by atoms with van der Waals surface area (Å²) in [7, 11) is 2.16. The monoisotopic (exact) mass is 327 g/mol. The summed E-state index contributed by atoms with van der Waals surface area (Å²) in [6.07, 6.45) is 1.77. The second kappa shape index (κ2) is 6.46. The van der Waals surface area contributed by atoms with Crippen LogP contribution in [0.25, 0.3) is 11.1 Å². The number of phenolic OH excluding ortho intramolecular Hbond substituents is 2. The predicted octanol–water partition coefficient (Wildman–Crippen LogP) is 3.24. The van der Waals surface area contributed by atoms with Gasteiger partial charge in [0.05, 0.1) is 0 Å². The Labute approximate surface area is 143 Å². The minimum Gasteiger partial charge on any atom is -0.504 e. The van der Waals surface area contributed by atoms with Crippen molar-refractivity contribution in [2.45, 2.75) is 38.8 Å². The van der Waals surface area contributed by atoms with Crippen molar-refractivity contribution in [3.63, 3.8) is 0 Å². The Kier molecular flexibility index (Phi) is 4.52. The summed E-state index contributed by atoms with van der Waals surface area (Å²) in [6.45, 7) is 4.51. The van der Waals surface area contributed by atoms with Crippen molar-refractivity contribution in [1.82, 2.24) is 4.90 Å². The highest BCUT2D eigenvalue weighted by molar-refractivity contribution is 5.82. The molecule has 0 unspecified atom stereocenters. The topological polar surface area (TPSA) is 63.9 Å². The molecule has 4 rings (SSSR count). The van der Waals surface area contributed by atoms with Crippen LogP contribution in [0, 0.1) is 0 Å². The van der Waals surface area contributed by atoms with Crippen molar-refractivity contribution in [2.24, 2.45) is 0 Å². The van der Waals surface area contributed by atoms with Crippen LogP contribution in [0.15, 0.2) is 30.3 Å². The fraction of sp³-hybridized carbons (Fsp3) is 0.400. The largest absolute Gasteiger partial charge is 0.504 e. The third-order valence-corrected chi connectivity index (χ3v) is 4.72. The number of aromatic hydroxyl groups is 2. The Morgan fingerprint density at radius 3 is 2.50 bits per heavy atom. The van der Waals surface area contributed by atoms with Crippen LogP contribution in [0.2, 0.25) is 0 Å². The van der Waals surface area contributed by atoms with Crippen molar-refractivity contribution in [3.8, 4) is 22.6 Å². The molecule has 1 atom stereocenters. The van der Waals surface area contributed by atoms with E-state index in [4.69, 9.17) is 5.11 Å². The Bertz CT molecular complexity index is 752. The molecular weight excluding hydrogens is 302 g/mol. The molecule has 0 fully saturated rings. The number of likely N-dealkylation sites (N-methyl/N-ethyl adjacent to an activating group) is 1. The SMILES string of the molecule is CC(C)O.CN1CCc2cccc3c2[C@H]1Cc1ccc(O)c(O)c1-3. The number of aliphatic hydroxyl groups excluding tert-OH is 1. The molecule has 1 heterocycles. The molecule has 0 spiro atoms. The number of hydrogen-bond donors (Lipinski definition) is 3. The van der Waals surface area contributed by atoms with E-state index in [-0.39, 0.29) is 17.6 Å². The minimum absolute atomic E-state index is 0.0163. The van der Waals surface area contributed by atoms with Crippen molar-refractivity contribution in [1.29, 1.82) is 0 Å². The highest BCUT2D eigenvalue weighted by Crippen LogP contribution is 2.49. The normalized spacial score (nSPS) is 18.5. The molecular formula is C20H25NO3. The van der Waals surface area contributed by atoms with E-state index >= 15 is 0 Å². The molecule has 2 aliphatic rings. The standard InChI is InChI=1S/C17H17NO2.C3H8O/c1-18-8-7-10-3-2-4-12-15(10)13(18)9-11-5-6-14(19)17(20)16(11)12;1-3(2)4/h2-6,13,19-20H,7-9H2,1H3;3-4H,1-2H3/t13-;/m1./s1. The summed E-state index contributed by atoms with van der Waals surface area (Å²) in [4.78, 5) is 2.39. The van der Waals surface area contributed by atoms with Gasteiger partial charge in [-0.2, -0.15) is 0 Å². The lowest BCUT2D eigenvalue weighted by atomic mass is 9.77. The first-order chi connectivity index (χ1) is 11.4. The molecule has 2 aromatic carbocycles. The van der Waals surface area contributed by atoms with Crippen molar-refractivity contribution >= 4 is 0 Å². The van der Waals surface area contributed by atoms with E-state index in [1.54, 1.807) is 19.9 Å². The number of rotatable bonds is 0. The van der Waals surface area contributed by atoms with Gasteiger partial charge in [-0.3, -0.25) is 4.90 Å². The van der Waals surface area contributed by atoms with Gasteiger partial charge in [-0.15, -0.1) is 0 Å². The van der Waals surface area contributed by atoms with Crippen molar-refractivity contribution in [2.75, 3.05) is 13.6 Å². The zero-order valence-corrected chi connectivity index (χ0v) is 14.5. The molecule has 1 aliphatic carbocycles. The van der Waals surface area contributed by atoms with Gasteiger partial charge in [-0.05, 0) is 62.1 Å². The fourth-order valence-electron chi connectivity index (χ4n) is 3.67. The van der Waals surface area contributed by atoms with E-state index in [9.17, 15) is 10.2 Å². The molecule has 0 radical (unpaired) electrons. The zero-order chi connectivity index (χ0) is 17.4. The van der Waals surface area contributed by atoms with Crippen LogP contribution in [-0.4, -0.2) is 39.9 Å². The van der Waals surface area contributed by atoms with Crippen LogP contribution in [0.5, 0.6) is 11.5 Å². The molecule has 4 heteroatoms. The third-order valence-electron chi connectivity index (χ3n) is 4.72. The Morgan fingerprint density at radius 2 is 1.79 bits per heavy atom. The molecule has 0 saturated carbocycles. The van der Waals surface area contributed by atoms with Crippen LogP contribution in [0.4, 0.5) is 0 Å². The summed E-state index contributed by atoms with van der Waals surface area (Å²) in [5.74, 6) is -0.0217. The lowest BCUT2D eigenvalue weighted by molar-refractivity contribution is 0.216. The number of aliphatic hydroxyl groups is 1. The molecule has 0 bridgehead atoms. The highest BCUT2D eigenvalue weighted by Gasteiger charge is 2.34. The third kappa shape index (κ3) is 2.87. The molecule has 1 aliphatic heterocycles. The van der Waals surface area contributed by atoms with Crippen LogP contribution in [0.3, 0.4) is 0 Å². The van der Waals surface area contributed by atoms with Gasteiger partial charge in [-0.25, -0.2) is 0 Å². The maximum absolute atomic E-state index is 10.3. The van der Waals surface area contributed by atoms with Gasteiger partial charge in [0.25, 0.3) is 0 Å². The predicted molar refractivity (Wildman–Crippen MR) is 95.3 cm³/mol. The van der Waals surface area contributed by atoms with E-state index in [0.717, 1.165) is 36.1 Å². The second-order valence-corrected chi connectivity index (χ2v) is 6.89. The van der Waals surface area contributed by atoms with Gasteiger partial charge in [-0.1, -0.05) is 24.3 Å². The summed E-state index contributed by atoms with van der Waals surface area (Å²) < 4.78 is 0. The smallest absolute Gasteiger partial charge is 0.165 e. The Hall–Kier alpha value is -2.04. The van der Waals surface area contributed by atoms with Crippen LogP contribution >= 0.6 is 0 Å². The van der Waals surface area contributed by atoms with Gasteiger partial charge >= 0.3 is 0 Å². The molecule has 4 nitrogen and oxygen atoms in total. The van der Waals surface area contributed by atoms with E-state index < -0.39 is 0 Å². The quantitative estimate of drug-likeness (QED) is 0.650. The number of fused-ring (bicyclic) bond motifs is 2. The van der Waals surface area contributed by atoms with E-state index in [2.05, 4.69) is 30.1 Å². The summed E-state index contributed by atoms with van der Waals surface area (Å²) in [5.41, 5.74) is 5.71. The fourth-order valence-corrected chi connectivity index (χ4v) is 3.67. The van der Waals surface area contributed by atoms with Gasteiger partial charge < -0.3 is 15.3 Å². The van der Waals surface area contributed by atoms with Gasteiger partial charge in [0.1, 0.15) is 0 Å². The van der Waals surface area contributed by atoms with E-state index in [1.807, 2.05) is 6.07 Å². The summed E-state index contributed by atoms with van der Waals surface area (Å²) in [5, 5.41) is 28.1. The Balaban J connectivity index is 0.000000383. The summed E-state index contributed by atoms with van der Waals surface area (Å²) in [6, 6.07) is 10.2. The molecule has 3 N–H and O–H groups in total. The number of nitrogens with zero attached hydrogens (tertiary/aromatic N) is 1. The van der Waals surface area contributed by atoms with Crippen LogP contribution in [-0.2, 0) is 12.8 Å². The highest BCUT2D eigenvalue weighted by atomic mass is 16.3. The Morgan fingerprint density at radius 1 is 1.08 bits per heavy atom. The zero-order valence-electron chi connectivity index (χ0n) is 14.5. The molecule has 0 amide bonds. The summed E-state index contributed by atoms with van der Waals surface area (Å²) >= 11 is 0. The first kappa shape index (κ1) is 16.8. The van der Waals surface area contributed by atoms with Gasteiger partial charge in [0.2, 0.25) is 0 Å². The number of benzene rings is 2. The molecule has 0 aromatic heterocycles. The molecule has 2 aromatic rings. The lowest BCUT2D eigenvalue weighted by Gasteiger charge is -2.39. The average molecular weight is 327 g/mol. The maximum atomic E-state index is 10.3. The first-order valence-corrected chi connectivity index (χ1v) is 8.44. The van der Waals surface area contributed by atoms with Crippen molar-refractivity contribution < 1.29 is 15.3 Å². The molecule has 0 saturated heterocycles. The van der Waals surface area contributed by atoms with Crippen LogP contribution < -0.4 is 0 Å². The maximum Gasteiger partial charge on any atom is 0.165 e. The van der Waals surface area contributed by atoms with Crippen LogP contribution in [0.1, 0.15) is 36.6 Å². The number of hydrogen-bond acceptors (Lipinski definition) is 4. The number of phenols is 2. The van der Waals surface area contributed by atoms with Gasteiger partial charge in [0.15, 0.2) is 11.5 Å². The molecule has 24 heavy (non-hydrogen) atoms. The minimum atomic E-state index is -0.167. The van der Waals surface area contributed by atoms with Crippen molar-refractivity contribution in [3.05, 3.63) is 47.0 Å². The molecule has 128 valence electrons. The van der Waals surface area contributed by atoms with Gasteiger partial charge in [0, 0.05) is 24.3 Å². The van der Waals surface area contributed by atoms with E-state index in [0.29, 0.717) is 6.04 Å². The lowest BCUT2D eigenvalue weighted by Crippen LogP contribution is -2.35. The van der Waals surface area contributed by atoms with E-state index in [1.165, 1.54) is 11.1 Å². The average Bonchev–Trinajstić information content (AvgIpc) is 2.53.